The number of nitrogens with one attached hydrogen (secondary N) is 5. The number of thiazole rings is 1. The Morgan fingerprint density at radius 3 is 2.48 bits per heavy atom. The van der Waals surface area contributed by atoms with Gasteiger partial charge in [-0.15, -0.1) is 11.3 Å². The van der Waals surface area contributed by atoms with Crippen LogP contribution in [0.1, 0.15) is 61.2 Å². The van der Waals surface area contributed by atoms with Gasteiger partial charge in [-0.1, -0.05) is 50.2 Å². The fraction of sp³-hybridized carbons (Fsp3) is 0.474. The van der Waals surface area contributed by atoms with Crippen LogP contribution < -0.4 is 36.1 Å². The zero-order valence-corrected chi connectivity index (χ0v) is 31.1. The van der Waals surface area contributed by atoms with Gasteiger partial charge in [0.1, 0.15) is 18.1 Å². The van der Waals surface area contributed by atoms with Crippen LogP contribution in [0.25, 0.3) is 0 Å². The van der Waals surface area contributed by atoms with E-state index in [1.54, 1.807) is 11.6 Å². The first-order valence-electron chi connectivity index (χ1n) is 17.7. The summed E-state index contributed by atoms with van der Waals surface area (Å²) in [7, 11) is 1.52. The second-order valence-corrected chi connectivity index (χ2v) is 14.1. The molecule has 1 aliphatic heterocycles. The first kappa shape index (κ1) is 39.8. The van der Waals surface area contributed by atoms with Crippen molar-refractivity contribution in [2.24, 2.45) is 5.92 Å². The minimum absolute atomic E-state index is 0.144. The van der Waals surface area contributed by atoms with Crippen molar-refractivity contribution in [1.29, 1.82) is 0 Å². The van der Waals surface area contributed by atoms with E-state index in [4.69, 9.17) is 9.47 Å². The second-order valence-electron chi connectivity index (χ2n) is 13.1. The molecule has 5 N–H and O–H groups in total. The van der Waals surface area contributed by atoms with Crippen molar-refractivity contribution < 1.29 is 33.4 Å². The van der Waals surface area contributed by atoms with Crippen LogP contribution in [0.15, 0.2) is 54.0 Å². The van der Waals surface area contributed by atoms with E-state index in [1.165, 1.54) is 18.4 Å². The summed E-state index contributed by atoms with van der Waals surface area (Å²) < 4.78 is 11.2. The van der Waals surface area contributed by atoms with Gasteiger partial charge in [-0.3, -0.25) is 24.0 Å². The summed E-state index contributed by atoms with van der Waals surface area (Å²) >= 11 is 1.47. The predicted molar refractivity (Wildman–Crippen MR) is 198 cm³/mol. The van der Waals surface area contributed by atoms with E-state index < -0.39 is 29.9 Å². The van der Waals surface area contributed by atoms with Crippen LogP contribution in [0.5, 0.6) is 11.5 Å². The summed E-state index contributed by atoms with van der Waals surface area (Å²) in [4.78, 5) is 72.3. The standard InChI is InChI=1S/C38H50N6O7S/c1-24(2)35-38(49)40-19-8-12-27-14-15-30(50-4)31(21-27)51-22-34(46)39-18-9-13-28(42-33(45)17-16-32-25(3)41-23-52-32)36(47)43-29(37(48)44-35)20-26-10-6-5-7-11-26/h5-7,10-11,14-15,21,23-24,28-29,35H,8-9,12-13,16-20,22H2,1-4H3,(H,39,46)(H,40,49)(H,42,45)(H,43,47)(H,44,48)/t28-,29-,35+/m0/s1. The molecule has 2 aromatic carbocycles. The maximum absolute atomic E-state index is 13.9. The summed E-state index contributed by atoms with van der Waals surface area (Å²) in [6.07, 6.45) is 2.55. The average molecular weight is 735 g/mol. The highest BCUT2D eigenvalue weighted by Crippen LogP contribution is 2.28. The van der Waals surface area contributed by atoms with Crippen LogP contribution in [0, 0.1) is 12.8 Å². The second kappa shape index (κ2) is 20.2. The molecule has 0 aliphatic carbocycles. The molecule has 52 heavy (non-hydrogen) atoms. The number of aromatic nitrogens is 1. The van der Waals surface area contributed by atoms with Gasteiger partial charge in [-0.05, 0) is 68.2 Å². The van der Waals surface area contributed by atoms with Crippen LogP contribution in [-0.2, 0) is 43.2 Å². The van der Waals surface area contributed by atoms with Gasteiger partial charge in [0.25, 0.3) is 5.91 Å². The van der Waals surface area contributed by atoms with Crippen molar-refractivity contribution in [1.82, 2.24) is 31.6 Å². The summed E-state index contributed by atoms with van der Waals surface area (Å²) in [5.41, 5.74) is 4.34. The number of ether oxygens (including phenoxy) is 2. The maximum Gasteiger partial charge on any atom is 0.257 e. The third-order valence-corrected chi connectivity index (χ3v) is 9.75. The largest absolute Gasteiger partial charge is 0.493 e. The number of nitrogens with zero attached hydrogens (tertiary/aromatic N) is 1. The molecule has 0 saturated carbocycles. The number of fused-ring (bicyclic) bond motifs is 2. The van der Waals surface area contributed by atoms with E-state index in [0.717, 1.165) is 21.7 Å². The molecule has 0 radical (unpaired) electrons. The van der Waals surface area contributed by atoms with Crippen molar-refractivity contribution in [3.05, 3.63) is 75.7 Å². The molecular weight excluding hydrogens is 685 g/mol. The van der Waals surface area contributed by atoms with Crippen LogP contribution >= 0.6 is 11.3 Å². The van der Waals surface area contributed by atoms with Gasteiger partial charge in [0, 0.05) is 30.8 Å². The highest BCUT2D eigenvalue weighted by atomic mass is 32.1. The predicted octanol–water partition coefficient (Wildman–Crippen LogP) is 2.78. The topological polar surface area (TPSA) is 177 Å². The summed E-state index contributed by atoms with van der Waals surface area (Å²) in [6, 6.07) is 11.8. The molecule has 0 fully saturated rings. The summed E-state index contributed by atoms with van der Waals surface area (Å²) in [6.45, 7) is 5.90. The molecule has 13 nitrogen and oxygen atoms in total. The van der Waals surface area contributed by atoms with Gasteiger partial charge in [-0.25, -0.2) is 4.98 Å². The normalized spacial score (nSPS) is 19.8. The highest BCUT2D eigenvalue weighted by Gasteiger charge is 2.31. The Hall–Kier alpha value is -4.98. The molecular formula is C38H50N6O7S. The lowest BCUT2D eigenvalue weighted by Gasteiger charge is -2.27. The van der Waals surface area contributed by atoms with Crippen molar-refractivity contribution >= 4 is 40.9 Å². The number of rotatable bonds is 8. The molecule has 0 spiro atoms. The van der Waals surface area contributed by atoms with Crippen molar-refractivity contribution in [3.63, 3.8) is 0 Å². The van der Waals surface area contributed by atoms with E-state index in [9.17, 15) is 24.0 Å². The van der Waals surface area contributed by atoms with Gasteiger partial charge >= 0.3 is 0 Å². The quantitative estimate of drug-likeness (QED) is 0.235. The first-order valence-corrected chi connectivity index (χ1v) is 18.6. The molecule has 0 unspecified atom stereocenters. The Kier molecular flexibility index (Phi) is 15.4. The summed E-state index contributed by atoms with van der Waals surface area (Å²) in [5.74, 6) is -1.43. The molecule has 1 aliphatic rings. The molecule has 4 rings (SSSR count). The third kappa shape index (κ3) is 12.4. The van der Waals surface area contributed by atoms with Crippen LogP contribution in [0.3, 0.4) is 0 Å². The molecule has 280 valence electrons. The molecule has 2 heterocycles. The smallest absolute Gasteiger partial charge is 0.257 e. The highest BCUT2D eigenvalue weighted by molar-refractivity contribution is 7.09. The maximum atomic E-state index is 13.9. The Bertz CT molecular complexity index is 1660. The van der Waals surface area contributed by atoms with E-state index in [2.05, 4.69) is 31.6 Å². The van der Waals surface area contributed by atoms with E-state index in [0.29, 0.717) is 43.7 Å². The average Bonchev–Trinajstić information content (AvgIpc) is 3.55. The Labute approximate surface area is 309 Å². The zero-order chi connectivity index (χ0) is 37.5. The number of amides is 5. The molecule has 3 aromatic rings. The van der Waals surface area contributed by atoms with Crippen molar-refractivity contribution in [2.75, 3.05) is 26.8 Å². The molecule has 5 amide bonds. The Balaban J connectivity index is 1.56. The van der Waals surface area contributed by atoms with Crippen molar-refractivity contribution in [3.8, 4) is 11.5 Å². The van der Waals surface area contributed by atoms with E-state index in [-0.39, 0.29) is 56.1 Å². The zero-order valence-electron chi connectivity index (χ0n) is 30.3. The van der Waals surface area contributed by atoms with E-state index >= 15 is 0 Å². The van der Waals surface area contributed by atoms with Gasteiger partial charge < -0.3 is 36.1 Å². The lowest BCUT2D eigenvalue weighted by molar-refractivity contribution is -0.134. The van der Waals surface area contributed by atoms with Gasteiger partial charge in [0.05, 0.1) is 18.3 Å². The molecule has 2 bridgehead atoms. The van der Waals surface area contributed by atoms with Gasteiger partial charge in [0.15, 0.2) is 18.1 Å². The fourth-order valence-electron chi connectivity index (χ4n) is 5.78. The number of hydrogen-bond acceptors (Lipinski definition) is 9. The van der Waals surface area contributed by atoms with Crippen LogP contribution in [-0.4, -0.2) is 79.5 Å². The lowest BCUT2D eigenvalue weighted by atomic mass is 10.00. The molecule has 1 aromatic heterocycles. The number of carbonyl (C=O) groups excluding carboxylic acids is 5. The van der Waals surface area contributed by atoms with E-state index in [1.807, 2.05) is 63.2 Å². The monoisotopic (exact) mass is 734 g/mol. The molecule has 0 saturated heterocycles. The lowest BCUT2D eigenvalue weighted by Crippen LogP contribution is -2.58. The SMILES string of the molecule is COc1ccc2cc1OCC(=O)NCCC[C@H](NC(=O)CCc1scnc1C)C(=O)N[C@@H](Cc1ccccc1)C(=O)N[C@H](C(C)C)C(=O)NCCC2. The van der Waals surface area contributed by atoms with Gasteiger partial charge in [-0.2, -0.15) is 0 Å². The van der Waals surface area contributed by atoms with Crippen molar-refractivity contribution in [2.45, 2.75) is 83.8 Å². The fourth-order valence-corrected chi connectivity index (χ4v) is 6.56. The number of aryl methyl sites for hydroxylation is 3. The number of benzene rings is 2. The Morgan fingerprint density at radius 2 is 1.77 bits per heavy atom. The molecule has 14 heteroatoms. The number of methoxy groups -OCH3 is 1. The number of carbonyl (C=O) groups is 5. The van der Waals surface area contributed by atoms with Gasteiger partial charge in [0.2, 0.25) is 23.6 Å². The Morgan fingerprint density at radius 1 is 1.00 bits per heavy atom. The minimum atomic E-state index is -1.04. The molecule has 3 atom stereocenters. The minimum Gasteiger partial charge on any atom is -0.493 e. The number of hydrogen-bond donors (Lipinski definition) is 5. The summed E-state index contributed by atoms with van der Waals surface area (Å²) in [5, 5.41) is 14.3. The van der Waals surface area contributed by atoms with Crippen LogP contribution in [0.2, 0.25) is 0 Å². The van der Waals surface area contributed by atoms with Crippen LogP contribution in [0.4, 0.5) is 0 Å². The first-order chi connectivity index (χ1) is 25.0. The third-order valence-electron chi connectivity index (χ3n) is 8.76.